The molecular formula is C36H34N2O8S. The Balaban J connectivity index is 1.48. The van der Waals surface area contributed by atoms with E-state index in [-0.39, 0.29) is 17.9 Å². The lowest BCUT2D eigenvalue weighted by atomic mass is 9.67. The fraction of sp³-hybridized carbons (Fsp3) is 0.306. The largest absolute Gasteiger partial charge is 0.484 e. The molecule has 4 aromatic carbocycles. The normalized spacial score (nSPS) is 22.3. The molecule has 4 aromatic rings. The van der Waals surface area contributed by atoms with Crippen molar-refractivity contribution in [1.82, 2.24) is 10.2 Å². The maximum absolute atomic E-state index is 13.8. The third-order valence-corrected chi connectivity index (χ3v) is 10.3. The molecule has 47 heavy (non-hydrogen) atoms. The highest BCUT2D eigenvalue weighted by Gasteiger charge is 2.66. The van der Waals surface area contributed by atoms with E-state index in [1.54, 1.807) is 45.0 Å². The average Bonchev–Trinajstić information content (AvgIpc) is 3.06. The standard InChI is InChI=1S/C36H34N2O8S/c1-35(2,3)46-34(44)37-26-31(41)38-20-36(33(42)43,25-27(39)28(40)29(25)45-19-21-13-7-4-8-14-21)30(47-32(26)38)24(22-15-9-5-10-16-22)23-17-11-6-12-18-23/h4-18,24,26,30,32H,19-20H2,1-3H3,(H,37,44)(H,42,43)/t26?,30?,32-,36?/m1/s1. The van der Waals surface area contributed by atoms with Crippen molar-refractivity contribution in [1.29, 1.82) is 0 Å². The zero-order valence-electron chi connectivity index (χ0n) is 26.0. The molecule has 2 fully saturated rings. The number of alkyl carbamates (subject to hydrolysis) is 1. The van der Waals surface area contributed by atoms with Crippen LogP contribution in [0.4, 0.5) is 4.79 Å². The van der Waals surface area contributed by atoms with E-state index in [1.807, 2.05) is 66.7 Å². The van der Waals surface area contributed by atoms with Crippen LogP contribution >= 0.6 is 11.8 Å². The molecule has 6 rings (SSSR count). The molecule has 0 saturated carbocycles. The van der Waals surface area contributed by atoms with Gasteiger partial charge in [-0.25, -0.2) is 4.79 Å². The van der Waals surface area contributed by atoms with Gasteiger partial charge >= 0.3 is 12.1 Å². The Hall–Kier alpha value is -4.90. The smallest absolute Gasteiger partial charge is 0.408 e. The number of nitrogens with zero attached hydrogens (tertiary/aromatic N) is 1. The third kappa shape index (κ3) is 5.80. The number of carbonyl (C=O) groups excluding carboxylic acids is 2. The van der Waals surface area contributed by atoms with Crippen LogP contribution in [0.3, 0.4) is 0 Å². The van der Waals surface area contributed by atoms with E-state index in [9.17, 15) is 29.1 Å². The van der Waals surface area contributed by atoms with Crippen molar-refractivity contribution in [3.8, 4) is 5.75 Å². The first-order valence-corrected chi connectivity index (χ1v) is 16.2. The van der Waals surface area contributed by atoms with Crippen LogP contribution in [0.15, 0.2) is 101 Å². The van der Waals surface area contributed by atoms with Gasteiger partial charge in [0.15, 0.2) is 5.75 Å². The molecule has 242 valence electrons. The van der Waals surface area contributed by atoms with Gasteiger partial charge in [0.25, 0.3) is 5.43 Å². The average molecular weight is 655 g/mol. The van der Waals surface area contributed by atoms with E-state index in [1.165, 1.54) is 16.7 Å². The fourth-order valence-corrected chi connectivity index (χ4v) is 8.39. The third-order valence-electron chi connectivity index (χ3n) is 8.55. The molecule has 10 nitrogen and oxygen atoms in total. The fourth-order valence-electron chi connectivity index (χ4n) is 6.42. The predicted molar refractivity (Wildman–Crippen MR) is 176 cm³/mol. The Kier molecular flexibility index (Phi) is 8.44. The lowest BCUT2D eigenvalue weighted by Crippen LogP contribution is -2.77. The van der Waals surface area contributed by atoms with Gasteiger partial charge in [-0.1, -0.05) is 91.0 Å². The van der Waals surface area contributed by atoms with Crippen molar-refractivity contribution in [2.45, 2.75) is 61.0 Å². The highest BCUT2D eigenvalue weighted by Crippen LogP contribution is 2.55. The molecule has 3 unspecified atom stereocenters. The van der Waals surface area contributed by atoms with Gasteiger partial charge in [0.1, 0.15) is 29.0 Å². The van der Waals surface area contributed by atoms with E-state index in [2.05, 4.69) is 5.32 Å². The van der Waals surface area contributed by atoms with Crippen LogP contribution in [-0.2, 0) is 26.3 Å². The maximum atomic E-state index is 13.8. The van der Waals surface area contributed by atoms with Crippen LogP contribution in [0.2, 0.25) is 0 Å². The van der Waals surface area contributed by atoms with Crippen LogP contribution in [0.1, 0.15) is 48.9 Å². The molecule has 0 radical (unpaired) electrons. The first kappa shape index (κ1) is 32.1. The number of aliphatic carboxylic acids is 1. The molecule has 2 aliphatic rings. The summed E-state index contributed by atoms with van der Waals surface area (Å²) in [7, 11) is 0. The second-order valence-corrected chi connectivity index (χ2v) is 14.0. The molecule has 11 heteroatoms. The molecule has 2 saturated heterocycles. The number of ether oxygens (including phenoxy) is 2. The summed E-state index contributed by atoms with van der Waals surface area (Å²) >= 11 is 1.18. The number of hydrogen-bond acceptors (Lipinski definition) is 8. The van der Waals surface area contributed by atoms with Crippen molar-refractivity contribution >= 4 is 29.7 Å². The van der Waals surface area contributed by atoms with Gasteiger partial charge in [-0.15, -0.1) is 11.8 Å². The van der Waals surface area contributed by atoms with Gasteiger partial charge < -0.3 is 24.8 Å². The Morgan fingerprint density at radius 2 is 1.47 bits per heavy atom. The Morgan fingerprint density at radius 3 is 2.00 bits per heavy atom. The monoisotopic (exact) mass is 654 g/mol. The number of amides is 2. The lowest BCUT2D eigenvalue weighted by Gasteiger charge is -2.58. The summed E-state index contributed by atoms with van der Waals surface area (Å²) in [5, 5.41) is 12.3. The Bertz CT molecular complexity index is 1830. The molecule has 2 amide bonds. The summed E-state index contributed by atoms with van der Waals surface area (Å²) in [6.07, 6.45) is -0.774. The second-order valence-electron chi connectivity index (χ2n) is 12.7. The number of β-lactam (4-membered cyclic amide) rings is 1. The van der Waals surface area contributed by atoms with Crippen molar-refractivity contribution in [2.24, 2.45) is 0 Å². The summed E-state index contributed by atoms with van der Waals surface area (Å²) in [6, 6.07) is 26.6. The minimum Gasteiger partial charge on any atom is -0.484 e. The van der Waals surface area contributed by atoms with Crippen molar-refractivity contribution in [3.05, 3.63) is 134 Å². The van der Waals surface area contributed by atoms with Crippen molar-refractivity contribution < 1.29 is 29.0 Å². The molecule has 2 N–H and O–H groups in total. The van der Waals surface area contributed by atoms with Gasteiger partial charge in [-0.2, -0.15) is 0 Å². The zero-order chi connectivity index (χ0) is 33.5. The predicted octanol–water partition coefficient (Wildman–Crippen LogP) is 4.19. The summed E-state index contributed by atoms with van der Waals surface area (Å²) in [5.74, 6) is -2.79. The molecule has 0 spiro atoms. The van der Waals surface area contributed by atoms with Gasteiger partial charge in [0, 0.05) is 17.7 Å². The zero-order valence-corrected chi connectivity index (χ0v) is 26.9. The molecule has 0 aromatic heterocycles. The molecule has 4 atom stereocenters. The van der Waals surface area contributed by atoms with Crippen molar-refractivity contribution in [2.75, 3.05) is 6.54 Å². The molecule has 0 bridgehead atoms. The Morgan fingerprint density at radius 1 is 0.915 bits per heavy atom. The summed E-state index contributed by atoms with van der Waals surface area (Å²) < 4.78 is 11.3. The van der Waals surface area contributed by atoms with Gasteiger partial charge in [0.05, 0.1) is 5.56 Å². The van der Waals surface area contributed by atoms with E-state index in [4.69, 9.17) is 9.47 Å². The van der Waals surface area contributed by atoms with Crippen LogP contribution in [0.25, 0.3) is 0 Å². The number of rotatable bonds is 9. The SMILES string of the molecule is CC(C)(C)OC(=O)NC1C(=O)N2CC(C(=O)O)(c3c(OCc4ccccc4)c(=O)c3=O)C(C(c3ccccc3)c3ccccc3)S[C@H]12. The van der Waals surface area contributed by atoms with Crippen LogP contribution in [-0.4, -0.2) is 56.8 Å². The number of carboxylic acid groups (broad SMARTS) is 1. The molecule has 2 heterocycles. The van der Waals surface area contributed by atoms with Crippen LogP contribution in [0.5, 0.6) is 5.75 Å². The minimum absolute atomic E-state index is 0.0554. The highest BCUT2D eigenvalue weighted by atomic mass is 32.2. The van der Waals surface area contributed by atoms with Crippen LogP contribution in [0, 0.1) is 0 Å². The summed E-state index contributed by atoms with van der Waals surface area (Å²) in [4.78, 5) is 68.0. The van der Waals surface area contributed by atoms with E-state index in [0.29, 0.717) is 0 Å². The number of thioether (sulfide) groups is 1. The summed E-state index contributed by atoms with van der Waals surface area (Å²) in [6.45, 7) is 4.67. The second kappa shape index (κ2) is 12.4. The highest BCUT2D eigenvalue weighted by molar-refractivity contribution is 8.00. The first-order valence-electron chi connectivity index (χ1n) is 15.2. The van der Waals surface area contributed by atoms with Gasteiger partial charge in [-0.05, 0) is 37.5 Å². The molecular weight excluding hydrogens is 620 g/mol. The maximum Gasteiger partial charge on any atom is 0.408 e. The Labute approximate surface area is 275 Å². The number of carboxylic acids is 1. The number of carbonyl (C=O) groups is 3. The molecule has 0 aliphatic carbocycles. The van der Waals surface area contributed by atoms with E-state index >= 15 is 0 Å². The summed E-state index contributed by atoms with van der Waals surface area (Å²) in [5.41, 5.74) is -2.66. The quantitative estimate of drug-likeness (QED) is 0.201. The number of benzene rings is 3. The van der Waals surface area contributed by atoms with Crippen molar-refractivity contribution in [3.63, 3.8) is 0 Å². The van der Waals surface area contributed by atoms with E-state index in [0.717, 1.165) is 16.7 Å². The van der Waals surface area contributed by atoms with Gasteiger partial charge in [0.2, 0.25) is 11.3 Å². The number of fused-ring (bicyclic) bond motifs is 1. The lowest BCUT2D eigenvalue weighted by molar-refractivity contribution is -0.154. The van der Waals surface area contributed by atoms with E-state index < -0.39 is 69.0 Å². The minimum atomic E-state index is -2.04. The van der Waals surface area contributed by atoms with Gasteiger partial charge in [-0.3, -0.25) is 19.2 Å². The first-order chi connectivity index (χ1) is 22.4. The van der Waals surface area contributed by atoms with Crippen LogP contribution < -0.4 is 20.9 Å². The molecule has 2 aliphatic heterocycles. The number of hydrogen-bond donors (Lipinski definition) is 2. The number of nitrogens with one attached hydrogen (secondary N) is 1. The topological polar surface area (TPSA) is 139 Å².